The number of alkyl halides is 2. The van der Waals surface area contributed by atoms with Crippen LogP contribution in [0.25, 0.3) is 0 Å². The Morgan fingerprint density at radius 1 is 1.33 bits per heavy atom. The molecule has 2 rings (SSSR count). The number of hydrogen-bond donors (Lipinski definition) is 1. The molecule has 1 aromatic rings. The summed E-state index contributed by atoms with van der Waals surface area (Å²) >= 11 is 5.31. The zero-order valence-electron chi connectivity index (χ0n) is 12.0. The van der Waals surface area contributed by atoms with Gasteiger partial charge in [-0.1, -0.05) is 15.9 Å². The SMILES string of the molecule is CSC1CCC(NCc2cc(Br)ccc2OC(F)F)CC1. The zero-order chi connectivity index (χ0) is 15.2. The minimum Gasteiger partial charge on any atom is -0.434 e. The van der Waals surface area contributed by atoms with Gasteiger partial charge in [-0.15, -0.1) is 0 Å². The van der Waals surface area contributed by atoms with E-state index in [4.69, 9.17) is 0 Å². The van der Waals surface area contributed by atoms with E-state index in [1.807, 2.05) is 17.8 Å². The Labute approximate surface area is 137 Å². The Morgan fingerprint density at radius 3 is 2.67 bits per heavy atom. The van der Waals surface area contributed by atoms with Gasteiger partial charge in [0.25, 0.3) is 0 Å². The molecule has 0 atom stereocenters. The average Bonchev–Trinajstić information content (AvgIpc) is 2.47. The molecule has 0 amide bonds. The molecule has 0 radical (unpaired) electrons. The summed E-state index contributed by atoms with van der Waals surface area (Å²) in [7, 11) is 0. The molecule has 0 aromatic heterocycles. The van der Waals surface area contributed by atoms with Gasteiger partial charge in [-0.25, -0.2) is 0 Å². The molecule has 118 valence electrons. The van der Waals surface area contributed by atoms with Gasteiger partial charge in [0.2, 0.25) is 0 Å². The molecule has 1 aliphatic rings. The van der Waals surface area contributed by atoms with Gasteiger partial charge in [0.1, 0.15) is 5.75 Å². The largest absolute Gasteiger partial charge is 0.434 e. The lowest BCUT2D eigenvalue weighted by Crippen LogP contribution is -2.33. The van der Waals surface area contributed by atoms with Crippen LogP contribution < -0.4 is 10.1 Å². The maximum Gasteiger partial charge on any atom is 0.387 e. The summed E-state index contributed by atoms with van der Waals surface area (Å²) in [6.07, 6.45) is 6.89. The van der Waals surface area contributed by atoms with Gasteiger partial charge in [-0.3, -0.25) is 0 Å². The van der Waals surface area contributed by atoms with Crippen molar-refractivity contribution in [2.24, 2.45) is 0 Å². The van der Waals surface area contributed by atoms with Gasteiger partial charge in [0, 0.05) is 27.9 Å². The number of halogens is 3. The van der Waals surface area contributed by atoms with Crippen molar-refractivity contribution in [1.82, 2.24) is 5.32 Å². The van der Waals surface area contributed by atoms with E-state index in [1.54, 1.807) is 12.1 Å². The molecule has 6 heteroatoms. The van der Waals surface area contributed by atoms with Crippen LogP contribution in [0.5, 0.6) is 5.75 Å². The minimum atomic E-state index is -2.79. The Balaban J connectivity index is 1.91. The summed E-state index contributed by atoms with van der Waals surface area (Å²) < 4.78 is 30.3. The summed E-state index contributed by atoms with van der Waals surface area (Å²) in [5.74, 6) is 0.249. The third kappa shape index (κ3) is 5.42. The van der Waals surface area contributed by atoms with Crippen molar-refractivity contribution < 1.29 is 13.5 Å². The molecule has 0 unspecified atom stereocenters. The van der Waals surface area contributed by atoms with Gasteiger partial charge >= 0.3 is 6.61 Å². The molecule has 1 aromatic carbocycles. The number of hydrogen-bond acceptors (Lipinski definition) is 3. The maximum atomic E-state index is 12.4. The first kappa shape index (κ1) is 17.0. The average molecular weight is 380 g/mol. The van der Waals surface area contributed by atoms with Gasteiger partial charge < -0.3 is 10.1 Å². The van der Waals surface area contributed by atoms with Crippen LogP contribution in [0.2, 0.25) is 0 Å². The number of benzene rings is 1. The standard InChI is InChI=1S/C15H20BrF2NOS/c1-21-13-5-3-12(4-6-13)19-9-10-8-11(16)2-7-14(10)20-15(17)18/h2,7-8,12-13,15,19H,3-6,9H2,1H3. The summed E-state index contributed by atoms with van der Waals surface area (Å²) in [5.41, 5.74) is 0.761. The highest BCUT2D eigenvalue weighted by Gasteiger charge is 2.20. The van der Waals surface area contributed by atoms with Crippen LogP contribution in [-0.4, -0.2) is 24.2 Å². The van der Waals surface area contributed by atoms with Crippen molar-refractivity contribution in [3.05, 3.63) is 28.2 Å². The first-order chi connectivity index (χ1) is 10.1. The molecule has 1 aliphatic carbocycles. The Kier molecular flexibility index (Phi) is 6.76. The van der Waals surface area contributed by atoms with E-state index in [0.29, 0.717) is 12.6 Å². The lowest BCUT2D eigenvalue weighted by atomic mass is 9.95. The van der Waals surface area contributed by atoms with Crippen LogP contribution in [-0.2, 0) is 6.54 Å². The van der Waals surface area contributed by atoms with Gasteiger partial charge in [-0.2, -0.15) is 20.5 Å². The first-order valence-electron chi connectivity index (χ1n) is 7.08. The van der Waals surface area contributed by atoms with Crippen molar-refractivity contribution in [2.45, 2.75) is 50.1 Å². The Bertz CT molecular complexity index is 453. The van der Waals surface area contributed by atoms with Crippen molar-refractivity contribution >= 4 is 27.7 Å². The van der Waals surface area contributed by atoms with Crippen molar-refractivity contribution in [3.63, 3.8) is 0 Å². The first-order valence-corrected chi connectivity index (χ1v) is 9.16. The topological polar surface area (TPSA) is 21.3 Å². The predicted octanol–water partition coefficient (Wildman–Crippen LogP) is 4.81. The monoisotopic (exact) mass is 379 g/mol. The second-order valence-electron chi connectivity index (χ2n) is 5.22. The Morgan fingerprint density at radius 2 is 2.05 bits per heavy atom. The highest BCUT2D eigenvalue weighted by atomic mass is 79.9. The van der Waals surface area contributed by atoms with Crippen molar-refractivity contribution in [1.29, 1.82) is 0 Å². The van der Waals surface area contributed by atoms with E-state index < -0.39 is 6.61 Å². The molecule has 0 saturated heterocycles. The smallest absolute Gasteiger partial charge is 0.387 e. The summed E-state index contributed by atoms with van der Waals surface area (Å²) in [4.78, 5) is 0. The van der Waals surface area contributed by atoms with E-state index in [0.717, 1.165) is 28.1 Å². The molecule has 2 nitrogen and oxygen atoms in total. The zero-order valence-corrected chi connectivity index (χ0v) is 14.4. The number of nitrogens with one attached hydrogen (secondary N) is 1. The molecule has 0 bridgehead atoms. The summed E-state index contributed by atoms with van der Waals surface area (Å²) in [6.45, 7) is -2.24. The van der Waals surface area contributed by atoms with Crippen LogP contribution in [0.3, 0.4) is 0 Å². The molecule has 21 heavy (non-hydrogen) atoms. The molecular formula is C15H20BrF2NOS. The van der Waals surface area contributed by atoms with Crippen LogP contribution in [0.4, 0.5) is 8.78 Å². The third-order valence-electron chi connectivity index (χ3n) is 3.83. The maximum absolute atomic E-state index is 12.4. The minimum absolute atomic E-state index is 0.249. The molecule has 1 saturated carbocycles. The lowest BCUT2D eigenvalue weighted by Gasteiger charge is -2.28. The fourth-order valence-electron chi connectivity index (χ4n) is 2.65. The summed E-state index contributed by atoms with van der Waals surface area (Å²) in [6, 6.07) is 5.59. The van der Waals surface area contributed by atoms with E-state index in [2.05, 4.69) is 32.2 Å². The Hall–Kier alpha value is -0.330. The van der Waals surface area contributed by atoms with Crippen molar-refractivity contribution in [3.8, 4) is 5.75 Å². The van der Waals surface area contributed by atoms with E-state index in [-0.39, 0.29) is 5.75 Å². The predicted molar refractivity (Wildman–Crippen MR) is 87.2 cm³/mol. The molecule has 1 N–H and O–H groups in total. The van der Waals surface area contributed by atoms with E-state index in [9.17, 15) is 8.78 Å². The molecule has 0 heterocycles. The normalized spacial score (nSPS) is 22.5. The van der Waals surface area contributed by atoms with Crippen LogP contribution >= 0.6 is 27.7 Å². The number of ether oxygens (including phenoxy) is 1. The van der Waals surface area contributed by atoms with Crippen LogP contribution in [0, 0.1) is 0 Å². The second-order valence-corrected chi connectivity index (χ2v) is 7.27. The van der Waals surface area contributed by atoms with Gasteiger partial charge in [-0.05, 0) is 50.1 Å². The highest BCUT2D eigenvalue weighted by molar-refractivity contribution is 9.10. The van der Waals surface area contributed by atoms with Crippen LogP contribution in [0.15, 0.2) is 22.7 Å². The molecular weight excluding hydrogens is 360 g/mol. The van der Waals surface area contributed by atoms with Crippen molar-refractivity contribution in [2.75, 3.05) is 6.26 Å². The fourth-order valence-corrected chi connectivity index (χ4v) is 3.81. The summed E-state index contributed by atoms with van der Waals surface area (Å²) in [5, 5.41) is 4.24. The van der Waals surface area contributed by atoms with E-state index >= 15 is 0 Å². The van der Waals surface area contributed by atoms with E-state index in [1.165, 1.54) is 12.8 Å². The fraction of sp³-hybridized carbons (Fsp3) is 0.600. The molecule has 0 aliphatic heterocycles. The van der Waals surface area contributed by atoms with Gasteiger partial charge in [0.15, 0.2) is 0 Å². The lowest BCUT2D eigenvalue weighted by molar-refractivity contribution is -0.0505. The van der Waals surface area contributed by atoms with Crippen LogP contribution in [0.1, 0.15) is 31.2 Å². The van der Waals surface area contributed by atoms with Gasteiger partial charge in [0.05, 0.1) is 0 Å². The highest BCUT2D eigenvalue weighted by Crippen LogP contribution is 2.28. The number of thioether (sulfide) groups is 1. The quantitative estimate of drug-likeness (QED) is 0.765. The number of rotatable bonds is 6. The molecule has 0 spiro atoms. The third-order valence-corrected chi connectivity index (χ3v) is 5.46. The molecule has 1 fully saturated rings. The second kappa shape index (κ2) is 8.34.